The number of rotatable bonds is 7. The van der Waals surface area contributed by atoms with Crippen molar-refractivity contribution in [1.29, 1.82) is 0 Å². The van der Waals surface area contributed by atoms with Crippen LogP contribution in [0.2, 0.25) is 0 Å². The molecule has 2 nitrogen and oxygen atoms in total. The molecule has 0 spiro atoms. The SMILES string of the molecule is CCNCc1cc(Br)cc(C)c1OCCc1cccs1. The molecule has 108 valence electrons. The fourth-order valence-electron chi connectivity index (χ4n) is 2.11. The zero-order chi connectivity index (χ0) is 14.4. The fraction of sp³-hybridized carbons (Fsp3) is 0.375. The number of halogens is 1. The average Bonchev–Trinajstić information content (AvgIpc) is 2.92. The first-order chi connectivity index (χ1) is 9.70. The summed E-state index contributed by atoms with van der Waals surface area (Å²) in [4.78, 5) is 1.37. The zero-order valence-corrected chi connectivity index (χ0v) is 14.3. The van der Waals surface area contributed by atoms with Crippen LogP contribution in [0.1, 0.15) is 22.9 Å². The maximum absolute atomic E-state index is 6.04. The lowest BCUT2D eigenvalue weighted by atomic mass is 10.1. The van der Waals surface area contributed by atoms with E-state index in [4.69, 9.17) is 4.74 Å². The second-order valence-corrected chi connectivity index (χ2v) is 6.62. The number of benzene rings is 1. The molecule has 2 rings (SSSR count). The van der Waals surface area contributed by atoms with Gasteiger partial charge in [0.2, 0.25) is 0 Å². The zero-order valence-electron chi connectivity index (χ0n) is 11.9. The molecule has 0 atom stereocenters. The van der Waals surface area contributed by atoms with E-state index in [0.29, 0.717) is 0 Å². The van der Waals surface area contributed by atoms with E-state index in [2.05, 4.69) is 64.7 Å². The van der Waals surface area contributed by atoms with Gasteiger partial charge in [0.15, 0.2) is 0 Å². The smallest absolute Gasteiger partial charge is 0.126 e. The van der Waals surface area contributed by atoms with Gasteiger partial charge in [0, 0.05) is 27.9 Å². The highest BCUT2D eigenvalue weighted by Crippen LogP contribution is 2.28. The predicted molar refractivity (Wildman–Crippen MR) is 89.8 cm³/mol. The van der Waals surface area contributed by atoms with Gasteiger partial charge in [-0.3, -0.25) is 0 Å². The number of ether oxygens (including phenoxy) is 1. The van der Waals surface area contributed by atoms with Gasteiger partial charge in [-0.2, -0.15) is 0 Å². The summed E-state index contributed by atoms with van der Waals surface area (Å²) < 4.78 is 7.14. The molecule has 0 saturated carbocycles. The van der Waals surface area contributed by atoms with Gasteiger partial charge >= 0.3 is 0 Å². The van der Waals surface area contributed by atoms with Gasteiger partial charge in [-0.1, -0.05) is 28.9 Å². The Kier molecular flexibility index (Phi) is 6.07. The van der Waals surface area contributed by atoms with E-state index in [9.17, 15) is 0 Å². The molecule has 0 aliphatic heterocycles. The van der Waals surface area contributed by atoms with Gasteiger partial charge < -0.3 is 10.1 Å². The monoisotopic (exact) mass is 353 g/mol. The Hall–Kier alpha value is -0.840. The third-order valence-electron chi connectivity index (χ3n) is 3.06. The predicted octanol–water partition coefficient (Wildman–Crippen LogP) is 4.55. The van der Waals surface area contributed by atoms with Crippen molar-refractivity contribution >= 4 is 27.3 Å². The van der Waals surface area contributed by atoms with Crippen molar-refractivity contribution in [2.75, 3.05) is 13.2 Å². The molecule has 1 N–H and O–H groups in total. The second kappa shape index (κ2) is 7.81. The lowest BCUT2D eigenvalue weighted by Gasteiger charge is -2.15. The second-order valence-electron chi connectivity index (χ2n) is 4.67. The van der Waals surface area contributed by atoms with Crippen molar-refractivity contribution in [2.45, 2.75) is 26.8 Å². The first-order valence-corrected chi connectivity index (χ1v) is 8.53. The minimum atomic E-state index is 0.724. The molecule has 0 amide bonds. The van der Waals surface area contributed by atoms with Crippen molar-refractivity contribution in [1.82, 2.24) is 5.32 Å². The third kappa shape index (κ3) is 4.33. The summed E-state index contributed by atoms with van der Waals surface area (Å²) in [7, 11) is 0. The Labute approximate surface area is 133 Å². The molecule has 0 saturated heterocycles. The van der Waals surface area contributed by atoms with Crippen LogP contribution in [-0.2, 0) is 13.0 Å². The molecule has 1 heterocycles. The van der Waals surface area contributed by atoms with Crippen molar-refractivity contribution in [3.8, 4) is 5.75 Å². The van der Waals surface area contributed by atoms with E-state index in [-0.39, 0.29) is 0 Å². The number of aryl methyl sites for hydroxylation is 1. The molecular weight excluding hydrogens is 334 g/mol. The normalized spacial score (nSPS) is 10.8. The molecule has 0 unspecified atom stereocenters. The van der Waals surface area contributed by atoms with Crippen molar-refractivity contribution in [2.24, 2.45) is 0 Å². The maximum Gasteiger partial charge on any atom is 0.126 e. The van der Waals surface area contributed by atoms with Gasteiger partial charge in [0.05, 0.1) is 6.61 Å². The van der Waals surface area contributed by atoms with Gasteiger partial charge in [-0.25, -0.2) is 0 Å². The first-order valence-electron chi connectivity index (χ1n) is 6.85. The van der Waals surface area contributed by atoms with Crippen LogP contribution >= 0.6 is 27.3 Å². The molecule has 0 aliphatic carbocycles. The average molecular weight is 354 g/mol. The summed E-state index contributed by atoms with van der Waals surface area (Å²) in [5, 5.41) is 5.47. The van der Waals surface area contributed by atoms with Crippen LogP contribution < -0.4 is 10.1 Å². The Morgan fingerprint density at radius 3 is 2.90 bits per heavy atom. The van der Waals surface area contributed by atoms with E-state index in [1.165, 1.54) is 16.0 Å². The van der Waals surface area contributed by atoms with Crippen molar-refractivity contribution in [3.63, 3.8) is 0 Å². The summed E-state index contributed by atoms with van der Waals surface area (Å²) in [6, 6.07) is 8.48. The number of hydrogen-bond donors (Lipinski definition) is 1. The summed E-state index contributed by atoms with van der Waals surface area (Å²) in [5.41, 5.74) is 2.39. The summed E-state index contributed by atoms with van der Waals surface area (Å²) in [6.07, 6.45) is 0.966. The Morgan fingerprint density at radius 1 is 1.35 bits per heavy atom. The van der Waals surface area contributed by atoms with E-state index in [1.54, 1.807) is 11.3 Å². The maximum atomic E-state index is 6.04. The highest BCUT2D eigenvalue weighted by Gasteiger charge is 2.09. The number of thiophene rings is 1. The molecular formula is C16H20BrNOS. The fourth-order valence-corrected chi connectivity index (χ4v) is 3.42. The molecule has 0 fully saturated rings. The van der Waals surface area contributed by atoms with Crippen LogP contribution in [0.15, 0.2) is 34.1 Å². The molecule has 4 heteroatoms. The molecule has 1 aromatic heterocycles. The number of hydrogen-bond acceptors (Lipinski definition) is 3. The lowest BCUT2D eigenvalue weighted by Crippen LogP contribution is -2.14. The first kappa shape index (κ1) is 15.5. The molecule has 0 bridgehead atoms. The van der Waals surface area contributed by atoms with Gasteiger partial charge in [0.25, 0.3) is 0 Å². The van der Waals surface area contributed by atoms with Gasteiger partial charge in [-0.15, -0.1) is 11.3 Å². The van der Waals surface area contributed by atoms with Crippen LogP contribution in [0.3, 0.4) is 0 Å². The number of nitrogens with one attached hydrogen (secondary N) is 1. The van der Waals surface area contributed by atoms with Crippen molar-refractivity contribution in [3.05, 3.63) is 50.1 Å². The van der Waals surface area contributed by atoms with E-state index >= 15 is 0 Å². The molecule has 1 aromatic carbocycles. The summed E-state index contributed by atoms with van der Waals surface area (Å²) in [5.74, 6) is 1.02. The van der Waals surface area contributed by atoms with Gasteiger partial charge in [0.1, 0.15) is 5.75 Å². The lowest BCUT2D eigenvalue weighted by molar-refractivity contribution is 0.316. The van der Waals surface area contributed by atoms with Crippen LogP contribution in [-0.4, -0.2) is 13.2 Å². The minimum Gasteiger partial charge on any atom is -0.493 e. The Bertz CT molecular complexity index is 540. The van der Waals surface area contributed by atoms with E-state index in [1.807, 2.05) is 0 Å². The Balaban J connectivity index is 2.04. The molecule has 0 aliphatic rings. The van der Waals surface area contributed by atoms with E-state index in [0.717, 1.165) is 36.3 Å². The van der Waals surface area contributed by atoms with Crippen LogP contribution in [0.5, 0.6) is 5.75 Å². The van der Waals surface area contributed by atoms with Crippen LogP contribution in [0, 0.1) is 6.92 Å². The van der Waals surface area contributed by atoms with Crippen molar-refractivity contribution < 1.29 is 4.74 Å². The highest BCUT2D eigenvalue weighted by atomic mass is 79.9. The van der Waals surface area contributed by atoms with Crippen LogP contribution in [0.4, 0.5) is 0 Å². The summed E-state index contributed by atoms with van der Waals surface area (Å²) in [6.45, 7) is 6.73. The van der Waals surface area contributed by atoms with E-state index < -0.39 is 0 Å². The van der Waals surface area contributed by atoms with Crippen LogP contribution in [0.25, 0.3) is 0 Å². The van der Waals surface area contributed by atoms with Gasteiger partial charge in [-0.05, 0) is 42.6 Å². The molecule has 0 radical (unpaired) electrons. The minimum absolute atomic E-state index is 0.724. The topological polar surface area (TPSA) is 21.3 Å². The highest BCUT2D eigenvalue weighted by molar-refractivity contribution is 9.10. The quantitative estimate of drug-likeness (QED) is 0.788. The largest absolute Gasteiger partial charge is 0.493 e. The molecule has 2 aromatic rings. The Morgan fingerprint density at radius 2 is 2.20 bits per heavy atom. The standard InChI is InChI=1S/C16H20BrNOS/c1-3-18-11-13-10-14(17)9-12(2)16(13)19-7-6-15-5-4-8-20-15/h4-5,8-10,18H,3,6-7,11H2,1-2H3. The third-order valence-corrected chi connectivity index (χ3v) is 4.45. The molecule has 20 heavy (non-hydrogen) atoms. The summed E-state index contributed by atoms with van der Waals surface area (Å²) >= 11 is 5.34.